The van der Waals surface area contributed by atoms with Gasteiger partial charge in [-0.1, -0.05) is 6.42 Å². The molecule has 2 nitrogen and oxygen atoms in total. The van der Waals surface area contributed by atoms with Crippen molar-refractivity contribution in [1.82, 2.24) is 0 Å². The Morgan fingerprint density at radius 1 is 1.50 bits per heavy atom. The van der Waals surface area contributed by atoms with E-state index in [0.717, 1.165) is 19.3 Å². The summed E-state index contributed by atoms with van der Waals surface area (Å²) in [4.78, 5) is 0. The highest BCUT2D eigenvalue weighted by Crippen LogP contribution is 2.25. The Morgan fingerprint density at radius 3 is 2.60 bits per heavy atom. The number of nitrogens with two attached hydrogens (primary N) is 1. The third-order valence-electron chi connectivity index (χ3n) is 2.43. The number of hydrogen-bond donors (Lipinski definition) is 2. The number of aliphatic hydroxyl groups is 1. The van der Waals surface area contributed by atoms with Gasteiger partial charge in [-0.15, -0.1) is 0 Å². The predicted molar refractivity (Wildman–Crippen MR) is 41.6 cm³/mol. The van der Waals surface area contributed by atoms with E-state index in [9.17, 15) is 5.11 Å². The van der Waals surface area contributed by atoms with E-state index in [1.165, 1.54) is 6.42 Å². The smallest absolute Gasteiger partial charge is 0.0543 e. The molecule has 0 aromatic rings. The van der Waals surface area contributed by atoms with Crippen molar-refractivity contribution in [3.63, 3.8) is 0 Å². The zero-order chi connectivity index (χ0) is 7.56. The summed E-state index contributed by atoms with van der Waals surface area (Å²) in [5.41, 5.74) is 5.72. The first-order valence-electron chi connectivity index (χ1n) is 4.14. The average molecular weight is 143 g/mol. The maximum Gasteiger partial charge on any atom is 0.0543 e. The zero-order valence-corrected chi connectivity index (χ0v) is 6.59. The Bertz CT molecular complexity index is 103. The fourth-order valence-electron chi connectivity index (χ4n) is 1.68. The van der Waals surface area contributed by atoms with Crippen LogP contribution >= 0.6 is 0 Å². The third-order valence-corrected chi connectivity index (χ3v) is 2.43. The minimum absolute atomic E-state index is 0.0789. The van der Waals surface area contributed by atoms with E-state index in [-0.39, 0.29) is 12.1 Å². The molecule has 3 N–H and O–H groups in total. The van der Waals surface area contributed by atoms with Crippen molar-refractivity contribution < 1.29 is 5.11 Å². The molecule has 0 aromatic heterocycles. The van der Waals surface area contributed by atoms with Gasteiger partial charge in [0.15, 0.2) is 0 Å². The van der Waals surface area contributed by atoms with Gasteiger partial charge in [0.2, 0.25) is 0 Å². The molecule has 0 aromatic carbocycles. The van der Waals surface area contributed by atoms with Gasteiger partial charge in [-0.05, 0) is 32.1 Å². The minimum atomic E-state index is -0.0789. The highest BCUT2D eigenvalue weighted by atomic mass is 16.3. The Kier molecular flexibility index (Phi) is 2.69. The van der Waals surface area contributed by atoms with Crippen molar-refractivity contribution in [2.24, 2.45) is 11.7 Å². The maximum atomic E-state index is 9.27. The van der Waals surface area contributed by atoms with Crippen molar-refractivity contribution in [2.45, 2.75) is 44.8 Å². The van der Waals surface area contributed by atoms with Crippen LogP contribution in [0.2, 0.25) is 0 Å². The first-order chi connectivity index (χ1) is 4.70. The highest BCUT2D eigenvalue weighted by molar-refractivity contribution is 4.77. The predicted octanol–water partition coefficient (Wildman–Crippen LogP) is 0.885. The Morgan fingerprint density at radius 2 is 2.20 bits per heavy atom. The van der Waals surface area contributed by atoms with Crippen LogP contribution in [0, 0.1) is 5.92 Å². The number of aliphatic hydroxyl groups excluding tert-OH is 1. The molecule has 3 unspecified atom stereocenters. The molecule has 2 heteroatoms. The largest absolute Gasteiger partial charge is 0.393 e. The molecule has 0 aliphatic heterocycles. The molecule has 0 saturated heterocycles. The van der Waals surface area contributed by atoms with Gasteiger partial charge >= 0.3 is 0 Å². The summed E-state index contributed by atoms with van der Waals surface area (Å²) in [6, 6.07) is 0.259. The van der Waals surface area contributed by atoms with Crippen molar-refractivity contribution >= 4 is 0 Å². The lowest BCUT2D eigenvalue weighted by atomic mass is 9.83. The van der Waals surface area contributed by atoms with Gasteiger partial charge in [0.25, 0.3) is 0 Å². The van der Waals surface area contributed by atoms with E-state index in [4.69, 9.17) is 5.73 Å². The van der Waals surface area contributed by atoms with Crippen LogP contribution in [0.3, 0.4) is 0 Å². The van der Waals surface area contributed by atoms with Crippen LogP contribution in [0.15, 0.2) is 0 Å². The lowest BCUT2D eigenvalue weighted by molar-refractivity contribution is 0.0944. The lowest BCUT2D eigenvalue weighted by Gasteiger charge is -2.28. The summed E-state index contributed by atoms with van der Waals surface area (Å²) in [5, 5.41) is 9.27. The molecular weight excluding hydrogens is 126 g/mol. The molecular formula is C8H17NO. The quantitative estimate of drug-likeness (QED) is 0.572. The van der Waals surface area contributed by atoms with E-state index in [1.54, 1.807) is 0 Å². The molecule has 60 valence electrons. The standard InChI is InChI=1S/C8H17NO/c1-6(9)7-3-2-4-8(10)5-7/h6-8,10H,2-5,9H2,1H3. The molecule has 0 amide bonds. The monoisotopic (exact) mass is 143 g/mol. The molecule has 1 saturated carbocycles. The molecule has 1 aliphatic carbocycles. The summed E-state index contributed by atoms with van der Waals surface area (Å²) in [5.74, 6) is 0.559. The third kappa shape index (κ3) is 1.96. The fourth-order valence-corrected chi connectivity index (χ4v) is 1.68. The van der Waals surface area contributed by atoms with Crippen LogP contribution in [-0.4, -0.2) is 17.3 Å². The molecule has 1 fully saturated rings. The fraction of sp³-hybridized carbons (Fsp3) is 1.00. The second-order valence-electron chi connectivity index (χ2n) is 3.44. The van der Waals surface area contributed by atoms with Gasteiger partial charge in [0.05, 0.1) is 6.10 Å². The van der Waals surface area contributed by atoms with Crippen LogP contribution < -0.4 is 5.73 Å². The van der Waals surface area contributed by atoms with Crippen LogP contribution in [-0.2, 0) is 0 Å². The highest BCUT2D eigenvalue weighted by Gasteiger charge is 2.22. The first kappa shape index (κ1) is 8.02. The normalized spacial score (nSPS) is 37.5. The molecule has 1 aliphatic rings. The van der Waals surface area contributed by atoms with E-state index < -0.39 is 0 Å². The molecule has 0 heterocycles. The van der Waals surface area contributed by atoms with Gasteiger partial charge in [0.1, 0.15) is 0 Å². The van der Waals surface area contributed by atoms with Crippen LogP contribution in [0.25, 0.3) is 0 Å². The topological polar surface area (TPSA) is 46.2 Å². The van der Waals surface area contributed by atoms with E-state index in [1.807, 2.05) is 6.92 Å². The molecule has 3 atom stereocenters. The summed E-state index contributed by atoms with van der Waals surface area (Å²) >= 11 is 0. The minimum Gasteiger partial charge on any atom is -0.393 e. The molecule has 10 heavy (non-hydrogen) atoms. The zero-order valence-electron chi connectivity index (χ0n) is 6.59. The van der Waals surface area contributed by atoms with Gasteiger partial charge in [-0.25, -0.2) is 0 Å². The Balaban J connectivity index is 2.32. The van der Waals surface area contributed by atoms with Crippen molar-refractivity contribution in [3.8, 4) is 0 Å². The van der Waals surface area contributed by atoms with E-state index in [2.05, 4.69) is 0 Å². The SMILES string of the molecule is CC(N)C1CCCC(O)C1. The summed E-state index contributed by atoms with van der Waals surface area (Å²) < 4.78 is 0. The lowest BCUT2D eigenvalue weighted by Crippen LogP contribution is -2.32. The van der Waals surface area contributed by atoms with Gasteiger partial charge in [-0.3, -0.25) is 0 Å². The van der Waals surface area contributed by atoms with Crippen molar-refractivity contribution in [2.75, 3.05) is 0 Å². The van der Waals surface area contributed by atoms with Crippen LogP contribution in [0.4, 0.5) is 0 Å². The van der Waals surface area contributed by atoms with Crippen molar-refractivity contribution in [1.29, 1.82) is 0 Å². The summed E-state index contributed by atoms with van der Waals surface area (Å²) in [7, 11) is 0. The Hall–Kier alpha value is -0.0800. The average Bonchev–Trinajstić information content (AvgIpc) is 1.88. The molecule has 0 spiro atoms. The maximum absolute atomic E-state index is 9.27. The van der Waals surface area contributed by atoms with Gasteiger partial charge in [-0.2, -0.15) is 0 Å². The summed E-state index contributed by atoms with van der Waals surface area (Å²) in [6.45, 7) is 2.03. The Labute approximate surface area is 62.4 Å². The molecule has 0 bridgehead atoms. The summed E-state index contributed by atoms with van der Waals surface area (Å²) in [6.07, 6.45) is 4.16. The molecule has 0 radical (unpaired) electrons. The van der Waals surface area contributed by atoms with Gasteiger partial charge in [0, 0.05) is 6.04 Å². The van der Waals surface area contributed by atoms with E-state index >= 15 is 0 Å². The second kappa shape index (κ2) is 3.35. The van der Waals surface area contributed by atoms with E-state index in [0.29, 0.717) is 5.92 Å². The number of rotatable bonds is 1. The number of hydrogen-bond acceptors (Lipinski definition) is 2. The first-order valence-corrected chi connectivity index (χ1v) is 4.14. The second-order valence-corrected chi connectivity index (χ2v) is 3.44. The van der Waals surface area contributed by atoms with Crippen LogP contribution in [0.5, 0.6) is 0 Å². The molecule has 1 rings (SSSR count). The van der Waals surface area contributed by atoms with Gasteiger partial charge < -0.3 is 10.8 Å². The van der Waals surface area contributed by atoms with Crippen LogP contribution in [0.1, 0.15) is 32.6 Å². The van der Waals surface area contributed by atoms with Crippen molar-refractivity contribution in [3.05, 3.63) is 0 Å².